The van der Waals surface area contributed by atoms with Crippen molar-refractivity contribution < 1.29 is 9.45 Å². The van der Waals surface area contributed by atoms with Crippen LogP contribution in [0.5, 0.6) is 0 Å². The van der Waals surface area contributed by atoms with Crippen LogP contribution >= 0.6 is 11.6 Å². The van der Waals surface area contributed by atoms with E-state index in [-0.39, 0.29) is 11.9 Å². The highest BCUT2D eigenvalue weighted by Crippen LogP contribution is 2.29. The number of likely N-dealkylation sites (tertiary alicyclic amines) is 1. The van der Waals surface area contributed by atoms with Crippen molar-refractivity contribution in [3.05, 3.63) is 34.9 Å². The van der Waals surface area contributed by atoms with Gasteiger partial charge in [0.2, 0.25) is 0 Å². The highest BCUT2D eigenvalue weighted by molar-refractivity contribution is 6.30. The van der Waals surface area contributed by atoms with E-state index in [1.54, 1.807) is 0 Å². The van der Waals surface area contributed by atoms with Gasteiger partial charge in [-0.1, -0.05) is 43.5 Å². The van der Waals surface area contributed by atoms with Gasteiger partial charge in [-0.25, -0.2) is 0 Å². The van der Waals surface area contributed by atoms with E-state index in [1.807, 2.05) is 12.1 Å². The van der Waals surface area contributed by atoms with Crippen molar-refractivity contribution >= 4 is 25.6 Å². The first kappa shape index (κ1) is 20.3. The Balaban J connectivity index is 1.72. The van der Waals surface area contributed by atoms with Crippen LogP contribution in [0.2, 0.25) is 5.02 Å². The van der Waals surface area contributed by atoms with Crippen LogP contribution < -0.4 is 0 Å². The van der Waals surface area contributed by atoms with Crippen molar-refractivity contribution in [3.8, 4) is 0 Å². The molecule has 25 heavy (non-hydrogen) atoms. The van der Waals surface area contributed by atoms with Crippen LogP contribution in [0.1, 0.15) is 51.0 Å². The van der Waals surface area contributed by atoms with Gasteiger partial charge >= 0.3 is 8.05 Å². The van der Waals surface area contributed by atoms with Crippen molar-refractivity contribution in [2.75, 3.05) is 19.6 Å². The maximum atomic E-state index is 12.1. The summed E-state index contributed by atoms with van der Waals surface area (Å²) in [6, 6.07) is 8.16. The molecule has 0 bridgehead atoms. The van der Waals surface area contributed by atoms with Crippen molar-refractivity contribution in [3.63, 3.8) is 0 Å². The fraction of sp³-hybridized carbons (Fsp3) is 0.650. The van der Waals surface area contributed by atoms with Gasteiger partial charge in [-0.3, -0.25) is 4.79 Å². The lowest BCUT2D eigenvalue weighted by Gasteiger charge is -2.35. The van der Waals surface area contributed by atoms with E-state index in [0.29, 0.717) is 5.92 Å². The van der Waals surface area contributed by atoms with Crippen LogP contribution in [-0.4, -0.2) is 38.6 Å². The monoisotopic (exact) mass is 363 g/mol. The van der Waals surface area contributed by atoms with Gasteiger partial charge in [0, 0.05) is 5.02 Å². The number of aryl methyl sites for hydroxylation is 1. The van der Waals surface area contributed by atoms with Crippen LogP contribution in [-0.2, 0) is 15.9 Å². The summed E-state index contributed by atoms with van der Waals surface area (Å²) in [7, 11) is 1.52. The Kier molecular flexibility index (Phi) is 8.84. The molecule has 138 valence electrons. The van der Waals surface area contributed by atoms with Gasteiger partial charge in [-0.2, -0.15) is 0 Å². The second kappa shape index (κ2) is 10.9. The van der Waals surface area contributed by atoms with Gasteiger partial charge in [0.05, 0.1) is 5.92 Å². The Hall–Kier alpha value is -0.995. The minimum Gasteiger partial charge on any atom is -0.543 e. The summed E-state index contributed by atoms with van der Waals surface area (Å²) in [4.78, 5) is 14.6. The molecule has 5 heteroatoms. The van der Waals surface area contributed by atoms with E-state index < -0.39 is 0 Å². The van der Waals surface area contributed by atoms with Gasteiger partial charge in [-0.05, 0) is 75.4 Å². The summed E-state index contributed by atoms with van der Waals surface area (Å²) in [5.41, 5.74) is 1.35. The number of piperidine rings is 1. The third-order valence-electron chi connectivity index (χ3n) is 5.43. The summed E-state index contributed by atoms with van der Waals surface area (Å²) in [6.07, 6.45) is 7.72. The second-order valence-corrected chi connectivity index (χ2v) is 7.62. The van der Waals surface area contributed by atoms with Crippen LogP contribution in [0.15, 0.2) is 24.3 Å². The molecule has 1 fully saturated rings. The lowest BCUT2D eigenvalue weighted by atomic mass is 9.81. The SMILES string of the molecule is BOC(=O)C(CCCC)C1CCN(CCCc2ccc(Cl)cc2)CC1. The first-order valence-corrected chi connectivity index (χ1v) is 10.1. The normalized spacial score (nSPS) is 17.4. The molecule has 0 saturated carbocycles. The highest BCUT2D eigenvalue weighted by Gasteiger charge is 2.31. The molecule has 1 aliphatic heterocycles. The minimum absolute atomic E-state index is 0.00496. The molecule has 1 saturated heterocycles. The standard InChI is InChI=1S/C20H31BClNO2/c1-2-3-6-19(20(24)25-21)17-11-14-23(15-12-17)13-4-5-16-7-9-18(22)10-8-16/h7-10,17,19H,2-6,11-15,21H2,1H3. The van der Waals surface area contributed by atoms with Gasteiger partial charge in [0.25, 0.3) is 5.97 Å². The summed E-state index contributed by atoms with van der Waals surface area (Å²) in [6.45, 7) is 5.51. The van der Waals surface area contributed by atoms with E-state index in [9.17, 15) is 4.79 Å². The van der Waals surface area contributed by atoms with Gasteiger partial charge in [-0.15, -0.1) is 0 Å². The minimum atomic E-state index is -0.00496. The third kappa shape index (κ3) is 6.67. The second-order valence-electron chi connectivity index (χ2n) is 7.18. The van der Waals surface area contributed by atoms with Gasteiger partial charge in [0.15, 0.2) is 0 Å². The molecule has 0 spiro atoms. The number of carbonyl (C=O) groups is 1. The Labute approximate surface area is 158 Å². The molecular formula is C20H31BClNO2. The van der Waals surface area contributed by atoms with E-state index in [2.05, 4.69) is 24.0 Å². The fourth-order valence-corrected chi connectivity index (χ4v) is 3.98. The van der Waals surface area contributed by atoms with Gasteiger partial charge in [0.1, 0.15) is 0 Å². The zero-order valence-electron chi connectivity index (χ0n) is 15.7. The molecule has 1 aliphatic rings. The van der Waals surface area contributed by atoms with Crippen molar-refractivity contribution in [2.24, 2.45) is 11.8 Å². The van der Waals surface area contributed by atoms with E-state index in [4.69, 9.17) is 16.3 Å². The molecule has 1 unspecified atom stereocenters. The maximum absolute atomic E-state index is 12.1. The van der Waals surface area contributed by atoms with E-state index >= 15 is 0 Å². The molecule has 0 aliphatic carbocycles. The van der Waals surface area contributed by atoms with Crippen LogP contribution in [0.25, 0.3) is 0 Å². The average molecular weight is 364 g/mol. The van der Waals surface area contributed by atoms with E-state index in [0.717, 1.165) is 63.2 Å². The molecule has 1 atom stereocenters. The summed E-state index contributed by atoms with van der Waals surface area (Å²) in [5, 5.41) is 0.800. The fourth-order valence-electron chi connectivity index (χ4n) is 3.86. The lowest BCUT2D eigenvalue weighted by Crippen LogP contribution is -2.39. The van der Waals surface area contributed by atoms with Gasteiger partial charge < -0.3 is 9.55 Å². The maximum Gasteiger partial charge on any atom is 0.325 e. The lowest BCUT2D eigenvalue weighted by molar-refractivity contribution is -0.141. The third-order valence-corrected chi connectivity index (χ3v) is 5.68. The molecule has 0 aromatic heterocycles. The Morgan fingerprint density at radius 1 is 1.28 bits per heavy atom. The molecular weight excluding hydrogens is 332 g/mol. The van der Waals surface area contributed by atoms with Crippen LogP contribution in [0, 0.1) is 11.8 Å². The predicted octanol–water partition coefficient (Wildman–Crippen LogP) is 3.88. The Morgan fingerprint density at radius 3 is 2.56 bits per heavy atom. The number of hydrogen-bond donors (Lipinski definition) is 0. The zero-order chi connectivity index (χ0) is 18.1. The van der Waals surface area contributed by atoms with Crippen molar-refractivity contribution in [1.82, 2.24) is 4.90 Å². The molecule has 0 amide bonds. The first-order valence-electron chi connectivity index (χ1n) is 9.68. The van der Waals surface area contributed by atoms with Crippen molar-refractivity contribution in [2.45, 2.75) is 51.9 Å². The molecule has 2 rings (SSSR count). The molecule has 0 N–H and O–H groups in total. The van der Waals surface area contributed by atoms with Crippen LogP contribution in [0.4, 0.5) is 0 Å². The topological polar surface area (TPSA) is 29.5 Å². The quantitative estimate of drug-likeness (QED) is 0.624. The average Bonchev–Trinajstić information content (AvgIpc) is 2.64. The summed E-state index contributed by atoms with van der Waals surface area (Å²) >= 11 is 5.93. The number of nitrogens with zero attached hydrogens (tertiary/aromatic N) is 1. The number of carbonyl (C=O) groups excluding carboxylic acids is 1. The largest absolute Gasteiger partial charge is 0.543 e. The molecule has 1 heterocycles. The first-order chi connectivity index (χ1) is 12.1. The molecule has 0 radical (unpaired) electrons. The number of unbranched alkanes of at least 4 members (excludes halogenated alkanes) is 1. The van der Waals surface area contributed by atoms with Crippen LogP contribution in [0.3, 0.4) is 0 Å². The molecule has 3 nitrogen and oxygen atoms in total. The highest BCUT2D eigenvalue weighted by atomic mass is 35.5. The number of benzene rings is 1. The molecule has 1 aromatic carbocycles. The molecule has 1 aromatic rings. The number of halogens is 1. The van der Waals surface area contributed by atoms with Crippen molar-refractivity contribution in [1.29, 1.82) is 0 Å². The Bertz CT molecular complexity index is 515. The zero-order valence-corrected chi connectivity index (χ0v) is 16.4. The Morgan fingerprint density at radius 2 is 1.96 bits per heavy atom. The summed E-state index contributed by atoms with van der Waals surface area (Å²) in [5.74, 6) is 0.585. The number of rotatable bonds is 9. The summed E-state index contributed by atoms with van der Waals surface area (Å²) < 4.78 is 5.05. The smallest absolute Gasteiger partial charge is 0.325 e. The predicted molar refractivity (Wildman–Crippen MR) is 107 cm³/mol. The number of hydrogen-bond acceptors (Lipinski definition) is 3. The van der Waals surface area contributed by atoms with E-state index in [1.165, 1.54) is 20.0 Å².